The van der Waals surface area contributed by atoms with Gasteiger partial charge in [0.1, 0.15) is 29.5 Å². The summed E-state index contributed by atoms with van der Waals surface area (Å²) in [6, 6.07) is 15.3. The summed E-state index contributed by atoms with van der Waals surface area (Å²) in [6.07, 6.45) is 3.86. The van der Waals surface area contributed by atoms with Crippen LogP contribution in [0, 0.1) is 6.92 Å². The van der Waals surface area contributed by atoms with Gasteiger partial charge in [0.15, 0.2) is 0 Å². The minimum atomic E-state index is -0.550. The third-order valence-corrected chi connectivity index (χ3v) is 5.17. The molecule has 0 aliphatic rings. The fourth-order valence-corrected chi connectivity index (χ4v) is 3.77. The van der Waals surface area contributed by atoms with E-state index in [1.54, 1.807) is 23.6 Å². The molecule has 0 aliphatic carbocycles. The second kappa shape index (κ2) is 7.56. The van der Waals surface area contributed by atoms with Crippen LogP contribution in [-0.4, -0.2) is 25.5 Å². The minimum Gasteiger partial charge on any atom is -0.489 e. The van der Waals surface area contributed by atoms with Gasteiger partial charge in [-0.05, 0) is 30.7 Å². The third kappa shape index (κ3) is 3.38. The number of carbonyl (C=O) groups excluding carboxylic acids is 1. The molecule has 0 saturated heterocycles. The van der Waals surface area contributed by atoms with E-state index >= 15 is 0 Å². The lowest BCUT2D eigenvalue weighted by Gasteiger charge is -2.13. The van der Waals surface area contributed by atoms with Gasteiger partial charge in [0.25, 0.3) is 11.7 Å². The van der Waals surface area contributed by atoms with Gasteiger partial charge in [-0.25, -0.2) is 4.98 Å². The number of fused-ring (bicyclic) bond motifs is 2. The number of aromatic nitrogens is 4. The molecule has 3 aromatic heterocycles. The van der Waals surface area contributed by atoms with Crippen LogP contribution in [0.1, 0.15) is 33.1 Å². The largest absolute Gasteiger partial charge is 0.489 e. The van der Waals surface area contributed by atoms with Crippen LogP contribution in [0.3, 0.4) is 0 Å². The molecule has 0 unspecified atom stereocenters. The highest BCUT2D eigenvalue weighted by Crippen LogP contribution is 2.36. The first-order valence-electron chi connectivity index (χ1n) is 9.78. The molecule has 0 radical (unpaired) electrons. The van der Waals surface area contributed by atoms with E-state index in [4.69, 9.17) is 14.9 Å². The number of aryl methyl sites for hydroxylation is 1. The van der Waals surface area contributed by atoms with Crippen LogP contribution in [0.4, 0.5) is 0 Å². The molecule has 0 aliphatic heterocycles. The van der Waals surface area contributed by atoms with Crippen LogP contribution >= 0.6 is 0 Å². The van der Waals surface area contributed by atoms with E-state index in [1.165, 1.54) is 0 Å². The van der Waals surface area contributed by atoms with E-state index < -0.39 is 5.91 Å². The molecule has 5 rings (SSSR count). The Labute approximate surface area is 177 Å². The smallest absolute Gasteiger partial charge is 0.254 e. The van der Waals surface area contributed by atoms with Crippen LogP contribution in [-0.2, 0) is 13.0 Å². The van der Waals surface area contributed by atoms with Crippen molar-refractivity contribution in [2.75, 3.05) is 0 Å². The van der Waals surface area contributed by atoms with Gasteiger partial charge >= 0.3 is 0 Å². The van der Waals surface area contributed by atoms with Gasteiger partial charge < -0.3 is 14.9 Å². The minimum absolute atomic E-state index is 0.349. The van der Waals surface area contributed by atoms with Crippen LogP contribution in [0.5, 0.6) is 5.75 Å². The molecule has 1 amide bonds. The van der Waals surface area contributed by atoms with Gasteiger partial charge in [-0.2, -0.15) is 0 Å². The van der Waals surface area contributed by atoms with E-state index in [0.717, 1.165) is 11.1 Å². The Balaban J connectivity index is 1.65. The highest BCUT2D eigenvalue weighted by Gasteiger charge is 2.23. The highest BCUT2D eigenvalue weighted by atomic mass is 16.5. The van der Waals surface area contributed by atoms with E-state index in [9.17, 15) is 4.79 Å². The second-order valence-corrected chi connectivity index (χ2v) is 7.17. The molecular formula is C23H19N5O3. The molecule has 0 spiro atoms. The van der Waals surface area contributed by atoms with Gasteiger partial charge in [0.2, 0.25) is 0 Å². The summed E-state index contributed by atoms with van der Waals surface area (Å²) in [5, 5.41) is 9.05. The molecule has 2 N–H and O–H groups in total. The normalized spacial score (nSPS) is 11.3. The number of amides is 1. The molecule has 8 nitrogen and oxygen atoms in total. The second-order valence-electron chi connectivity index (χ2n) is 7.17. The zero-order valence-electron chi connectivity index (χ0n) is 16.8. The van der Waals surface area contributed by atoms with Crippen molar-refractivity contribution in [3.63, 3.8) is 0 Å². The summed E-state index contributed by atoms with van der Waals surface area (Å²) in [6.45, 7) is 2.11. The Morgan fingerprint density at radius 3 is 2.77 bits per heavy atom. The van der Waals surface area contributed by atoms with Crippen molar-refractivity contribution in [1.29, 1.82) is 0 Å². The summed E-state index contributed by atoms with van der Waals surface area (Å²) in [7, 11) is 0. The fourth-order valence-electron chi connectivity index (χ4n) is 3.77. The van der Waals surface area contributed by atoms with Crippen molar-refractivity contribution in [1.82, 2.24) is 19.6 Å². The highest BCUT2D eigenvalue weighted by molar-refractivity contribution is 6.08. The maximum atomic E-state index is 12.2. The maximum absolute atomic E-state index is 12.2. The van der Waals surface area contributed by atoms with Crippen LogP contribution in [0.2, 0.25) is 0 Å². The predicted molar refractivity (Wildman–Crippen MR) is 114 cm³/mol. The number of carbonyl (C=O) groups is 1. The molecule has 3 heterocycles. The number of ether oxygens (including phenoxy) is 1. The molecule has 2 aromatic carbocycles. The average Bonchev–Trinajstić information content (AvgIpc) is 3.34. The SMILES string of the molecule is Cc1oc2ccc(OCc3ccccc3)c(Cc3nnc4ncccn34)c2c1C(N)=O. The number of rotatable bonds is 6. The Kier molecular flexibility index (Phi) is 4.59. The summed E-state index contributed by atoms with van der Waals surface area (Å²) in [5.74, 6) is 1.70. The number of hydrogen-bond donors (Lipinski definition) is 1. The lowest BCUT2D eigenvalue weighted by Crippen LogP contribution is -2.12. The van der Waals surface area contributed by atoms with Crippen molar-refractivity contribution in [3.8, 4) is 5.75 Å². The first-order chi connectivity index (χ1) is 15.1. The van der Waals surface area contributed by atoms with Crippen LogP contribution < -0.4 is 10.5 Å². The number of nitrogens with two attached hydrogens (primary N) is 1. The Hall–Kier alpha value is -4.20. The van der Waals surface area contributed by atoms with E-state index in [2.05, 4.69) is 15.2 Å². The average molecular weight is 413 g/mol. The Bertz CT molecular complexity index is 1410. The molecule has 31 heavy (non-hydrogen) atoms. The van der Waals surface area contributed by atoms with Crippen molar-refractivity contribution in [2.24, 2.45) is 5.73 Å². The Morgan fingerprint density at radius 2 is 1.97 bits per heavy atom. The first-order valence-corrected chi connectivity index (χ1v) is 9.78. The standard InChI is InChI=1S/C23H19N5O3/c1-14-20(22(24)29)21-16(12-19-26-27-23-25-10-5-11-28(19)23)17(8-9-18(21)31-14)30-13-15-6-3-2-4-7-15/h2-11H,12-13H2,1H3,(H2,24,29). The quantitative estimate of drug-likeness (QED) is 0.457. The van der Waals surface area contributed by atoms with Gasteiger partial charge in [0.05, 0.1) is 5.56 Å². The number of nitrogens with zero attached hydrogens (tertiary/aromatic N) is 4. The maximum Gasteiger partial charge on any atom is 0.254 e. The molecule has 154 valence electrons. The van der Waals surface area contributed by atoms with E-state index in [-0.39, 0.29) is 0 Å². The Morgan fingerprint density at radius 1 is 1.13 bits per heavy atom. The lowest BCUT2D eigenvalue weighted by atomic mass is 10.0. The molecule has 0 fully saturated rings. The number of primary amides is 1. The zero-order chi connectivity index (χ0) is 21.4. The number of benzene rings is 2. The molecule has 5 aromatic rings. The number of hydrogen-bond acceptors (Lipinski definition) is 6. The van der Waals surface area contributed by atoms with Crippen molar-refractivity contribution in [2.45, 2.75) is 20.0 Å². The van der Waals surface area contributed by atoms with Gasteiger partial charge in [-0.3, -0.25) is 9.20 Å². The van der Waals surface area contributed by atoms with Crippen LogP contribution in [0.15, 0.2) is 65.3 Å². The van der Waals surface area contributed by atoms with Gasteiger partial charge in [-0.15, -0.1) is 10.2 Å². The van der Waals surface area contributed by atoms with Gasteiger partial charge in [-0.1, -0.05) is 30.3 Å². The van der Waals surface area contributed by atoms with Gasteiger partial charge in [0, 0.05) is 29.8 Å². The summed E-state index contributed by atoms with van der Waals surface area (Å²) in [4.78, 5) is 16.5. The monoisotopic (exact) mass is 413 g/mol. The zero-order valence-corrected chi connectivity index (χ0v) is 16.8. The molecule has 0 bridgehead atoms. The molecule has 0 saturated carbocycles. The topological polar surface area (TPSA) is 109 Å². The summed E-state index contributed by atoms with van der Waals surface area (Å²) in [5.41, 5.74) is 8.40. The third-order valence-electron chi connectivity index (χ3n) is 5.17. The molecule has 8 heteroatoms. The lowest BCUT2D eigenvalue weighted by molar-refractivity contribution is 0.1000. The molecular weight excluding hydrogens is 394 g/mol. The van der Waals surface area contributed by atoms with Crippen molar-refractivity contribution in [3.05, 3.63) is 89.2 Å². The van der Waals surface area contributed by atoms with E-state index in [0.29, 0.717) is 52.7 Å². The molecule has 0 atom stereocenters. The fraction of sp³-hybridized carbons (Fsp3) is 0.130. The summed E-state index contributed by atoms with van der Waals surface area (Å²) < 4.78 is 13.8. The van der Waals surface area contributed by atoms with Crippen LogP contribution in [0.25, 0.3) is 16.7 Å². The van der Waals surface area contributed by atoms with E-state index in [1.807, 2.05) is 48.7 Å². The summed E-state index contributed by atoms with van der Waals surface area (Å²) >= 11 is 0. The first kappa shape index (κ1) is 18.8. The number of furan rings is 1. The van der Waals surface area contributed by atoms with Crippen molar-refractivity contribution >= 4 is 22.7 Å². The predicted octanol–water partition coefficient (Wildman–Crippen LogP) is 3.45. The van der Waals surface area contributed by atoms with Crippen molar-refractivity contribution < 1.29 is 13.9 Å².